The Hall–Kier alpha value is -2.80. The largest absolute Gasteiger partial charge is 0.465 e. The maximum absolute atomic E-state index is 12.8. The highest BCUT2D eigenvalue weighted by Gasteiger charge is 2.36. The average molecular weight is 440 g/mol. The Labute approximate surface area is 185 Å². The number of imide groups is 1. The van der Waals surface area contributed by atoms with Crippen molar-refractivity contribution in [1.29, 1.82) is 0 Å². The van der Waals surface area contributed by atoms with Crippen molar-refractivity contribution >= 4 is 35.0 Å². The number of amides is 2. The first kappa shape index (κ1) is 21.4. The van der Waals surface area contributed by atoms with Crippen LogP contribution in [0.1, 0.15) is 53.8 Å². The Morgan fingerprint density at radius 3 is 2.71 bits per heavy atom. The van der Waals surface area contributed by atoms with E-state index < -0.39 is 5.97 Å². The van der Waals surface area contributed by atoms with E-state index in [4.69, 9.17) is 9.15 Å². The van der Waals surface area contributed by atoms with E-state index in [0.29, 0.717) is 34.5 Å². The number of hydrogen-bond acceptors (Lipinski definition) is 6. The summed E-state index contributed by atoms with van der Waals surface area (Å²) in [4.78, 5) is 38.8. The van der Waals surface area contributed by atoms with E-state index in [0.717, 1.165) is 35.7 Å². The van der Waals surface area contributed by atoms with Crippen molar-refractivity contribution < 1.29 is 23.5 Å². The van der Waals surface area contributed by atoms with Crippen LogP contribution in [-0.4, -0.2) is 35.7 Å². The monoisotopic (exact) mass is 439 g/mol. The van der Waals surface area contributed by atoms with E-state index in [1.54, 1.807) is 30.3 Å². The van der Waals surface area contributed by atoms with Crippen LogP contribution < -0.4 is 0 Å². The number of rotatable bonds is 5. The normalized spacial score (nSPS) is 18.8. The first-order chi connectivity index (χ1) is 15.0. The number of thioether (sulfide) groups is 1. The van der Waals surface area contributed by atoms with Gasteiger partial charge in [-0.1, -0.05) is 25.3 Å². The molecule has 7 heteroatoms. The summed E-state index contributed by atoms with van der Waals surface area (Å²) in [6, 6.07) is 8.81. The summed E-state index contributed by atoms with van der Waals surface area (Å²) in [7, 11) is 1.34. The maximum Gasteiger partial charge on any atom is 0.337 e. The number of esters is 1. The Morgan fingerprint density at radius 1 is 1.19 bits per heavy atom. The Morgan fingerprint density at radius 2 is 1.97 bits per heavy atom. The van der Waals surface area contributed by atoms with Crippen LogP contribution in [0.3, 0.4) is 0 Å². The molecule has 4 rings (SSSR count). The molecular weight excluding hydrogens is 414 g/mol. The molecule has 162 valence electrons. The second kappa shape index (κ2) is 9.14. The molecule has 0 N–H and O–H groups in total. The predicted octanol–water partition coefficient (Wildman–Crippen LogP) is 5.66. The van der Waals surface area contributed by atoms with Crippen LogP contribution in [0, 0.1) is 12.8 Å². The molecule has 1 saturated carbocycles. The summed E-state index contributed by atoms with van der Waals surface area (Å²) < 4.78 is 10.7. The Kier molecular flexibility index (Phi) is 6.32. The topological polar surface area (TPSA) is 76.8 Å². The van der Waals surface area contributed by atoms with E-state index in [1.807, 2.05) is 13.0 Å². The van der Waals surface area contributed by atoms with Gasteiger partial charge in [-0.2, -0.15) is 0 Å². The van der Waals surface area contributed by atoms with Crippen LogP contribution in [-0.2, 0) is 9.53 Å². The molecule has 1 aliphatic carbocycles. The fraction of sp³-hybridized carbons (Fsp3) is 0.375. The zero-order valence-corrected chi connectivity index (χ0v) is 18.5. The molecule has 31 heavy (non-hydrogen) atoms. The van der Waals surface area contributed by atoms with Gasteiger partial charge in [0.25, 0.3) is 11.1 Å². The van der Waals surface area contributed by atoms with Gasteiger partial charge in [-0.25, -0.2) is 4.79 Å². The third-order valence-electron chi connectivity index (χ3n) is 5.86. The second-order valence-electron chi connectivity index (χ2n) is 8.02. The Bertz CT molecular complexity index is 1050. The number of benzene rings is 1. The summed E-state index contributed by atoms with van der Waals surface area (Å²) >= 11 is 0.960. The van der Waals surface area contributed by atoms with Gasteiger partial charge in [0.15, 0.2) is 0 Å². The number of nitrogens with zero attached hydrogens (tertiary/aromatic N) is 1. The zero-order chi connectivity index (χ0) is 22.0. The van der Waals surface area contributed by atoms with Gasteiger partial charge in [0, 0.05) is 18.2 Å². The minimum absolute atomic E-state index is 0.213. The number of methoxy groups -OCH3 is 1. The molecule has 2 heterocycles. The summed E-state index contributed by atoms with van der Waals surface area (Å²) in [6.45, 7) is 2.43. The van der Waals surface area contributed by atoms with Crippen LogP contribution in [0.4, 0.5) is 4.79 Å². The van der Waals surface area contributed by atoms with Gasteiger partial charge in [0.05, 0.1) is 17.6 Å². The van der Waals surface area contributed by atoms with Gasteiger partial charge in [-0.3, -0.25) is 14.5 Å². The molecule has 0 radical (unpaired) electrons. The number of furan rings is 1. The smallest absolute Gasteiger partial charge is 0.337 e. The van der Waals surface area contributed by atoms with Gasteiger partial charge in [0.1, 0.15) is 11.5 Å². The average Bonchev–Trinajstić information content (AvgIpc) is 3.34. The highest BCUT2D eigenvalue weighted by atomic mass is 32.2. The van der Waals surface area contributed by atoms with Crippen LogP contribution in [0.2, 0.25) is 0 Å². The maximum atomic E-state index is 12.8. The molecule has 2 amide bonds. The SMILES string of the molecule is COC(=O)c1ccc(C)c(-c2ccc(/C=C3/SC(=O)N(CC4CCCCC4)C3=O)o2)c1. The van der Waals surface area contributed by atoms with Crippen molar-refractivity contribution in [1.82, 2.24) is 4.90 Å². The fourth-order valence-corrected chi connectivity index (χ4v) is 4.95. The zero-order valence-electron chi connectivity index (χ0n) is 17.7. The van der Waals surface area contributed by atoms with Gasteiger partial charge in [-0.05, 0) is 67.3 Å². The van der Waals surface area contributed by atoms with E-state index in [2.05, 4.69) is 0 Å². The van der Waals surface area contributed by atoms with E-state index in [-0.39, 0.29) is 11.1 Å². The van der Waals surface area contributed by atoms with Crippen LogP contribution in [0.15, 0.2) is 39.7 Å². The van der Waals surface area contributed by atoms with Crippen molar-refractivity contribution in [2.75, 3.05) is 13.7 Å². The standard InChI is InChI=1S/C24H25NO5S/c1-15-8-9-17(23(27)29-2)12-19(15)20-11-10-18(30-20)13-21-22(26)25(24(28)31-21)14-16-6-4-3-5-7-16/h8-13,16H,3-7,14H2,1-2H3/b21-13+. The van der Waals surface area contributed by atoms with Crippen molar-refractivity contribution in [2.45, 2.75) is 39.0 Å². The van der Waals surface area contributed by atoms with Gasteiger partial charge in [-0.15, -0.1) is 0 Å². The molecule has 0 unspecified atom stereocenters. The third kappa shape index (κ3) is 4.61. The molecule has 0 bridgehead atoms. The molecule has 2 aliphatic rings. The summed E-state index contributed by atoms with van der Waals surface area (Å²) in [6.07, 6.45) is 7.35. The first-order valence-corrected chi connectivity index (χ1v) is 11.3. The fourth-order valence-electron chi connectivity index (χ4n) is 4.12. The van der Waals surface area contributed by atoms with E-state index in [9.17, 15) is 14.4 Å². The molecule has 1 aromatic carbocycles. The lowest BCUT2D eigenvalue weighted by atomic mass is 9.89. The molecule has 6 nitrogen and oxygen atoms in total. The lowest BCUT2D eigenvalue weighted by Crippen LogP contribution is -2.34. The number of carbonyl (C=O) groups excluding carboxylic acids is 3. The minimum atomic E-state index is -0.417. The molecular formula is C24H25NO5S. The van der Waals surface area contributed by atoms with Crippen molar-refractivity contribution in [3.05, 3.63) is 52.1 Å². The molecule has 0 atom stereocenters. The quantitative estimate of drug-likeness (QED) is 0.442. The van der Waals surface area contributed by atoms with Crippen LogP contribution in [0.5, 0.6) is 0 Å². The highest BCUT2D eigenvalue weighted by molar-refractivity contribution is 8.18. The highest BCUT2D eigenvalue weighted by Crippen LogP contribution is 2.36. The predicted molar refractivity (Wildman–Crippen MR) is 119 cm³/mol. The van der Waals surface area contributed by atoms with E-state index >= 15 is 0 Å². The van der Waals surface area contributed by atoms with Gasteiger partial charge >= 0.3 is 5.97 Å². The molecule has 1 aliphatic heterocycles. The van der Waals surface area contributed by atoms with Gasteiger partial charge in [0.2, 0.25) is 0 Å². The van der Waals surface area contributed by atoms with Crippen molar-refractivity contribution in [3.63, 3.8) is 0 Å². The Balaban J connectivity index is 1.53. The number of carbonyl (C=O) groups is 3. The summed E-state index contributed by atoms with van der Waals surface area (Å²) in [5, 5.41) is -0.213. The molecule has 2 aromatic rings. The number of aryl methyl sites for hydroxylation is 1. The lowest BCUT2D eigenvalue weighted by molar-refractivity contribution is -0.123. The van der Waals surface area contributed by atoms with E-state index in [1.165, 1.54) is 31.3 Å². The van der Waals surface area contributed by atoms with Crippen molar-refractivity contribution in [2.24, 2.45) is 5.92 Å². The lowest BCUT2D eigenvalue weighted by Gasteiger charge is -2.25. The summed E-state index contributed by atoms with van der Waals surface area (Å²) in [5.41, 5.74) is 2.15. The summed E-state index contributed by atoms with van der Waals surface area (Å²) in [5.74, 6) is 0.806. The number of ether oxygens (including phenoxy) is 1. The second-order valence-corrected chi connectivity index (χ2v) is 9.01. The van der Waals surface area contributed by atoms with Crippen LogP contribution in [0.25, 0.3) is 17.4 Å². The minimum Gasteiger partial charge on any atom is -0.465 e. The van der Waals surface area contributed by atoms with Crippen LogP contribution >= 0.6 is 11.8 Å². The molecule has 2 fully saturated rings. The molecule has 1 aromatic heterocycles. The first-order valence-electron chi connectivity index (χ1n) is 10.5. The molecule has 1 saturated heterocycles. The molecule has 0 spiro atoms. The number of hydrogen-bond donors (Lipinski definition) is 0. The van der Waals surface area contributed by atoms with Gasteiger partial charge < -0.3 is 9.15 Å². The third-order valence-corrected chi connectivity index (χ3v) is 6.77. The van der Waals surface area contributed by atoms with Crippen molar-refractivity contribution in [3.8, 4) is 11.3 Å².